The summed E-state index contributed by atoms with van der Waals surface area (Å²) in [6.07, 6.45) is 2.74. The van der Waals surface area contributed by atoms with Crippen LogP contribution in [0.1, 0.15) is 10.5 Å². The minimum absolute atomic E-state index is 0.118. The Bertz CT molecular complexity index is 511. The summed E-state index contributed by atoms with van der Waals surface area (Å²) < 4.78 is 0.692. The number of hydrogen-bond acceptors (Lipinski definition) is 4. The van der Waals surface area contributed by atoms with Crippen LogP contribution in [-0.2, 0) is 0 Å². The van der Waals surface area contributed by atoms with Crippen molar-refractivity contribution in [3.8, 4) is 5.82 Å². The molecule has 0 amide bonds. The summed E-state index contributed by atoms with van der Waals surface area (Å²) in [4.78, 5) is 15.8. The molecule has 0 aliphatic carbocycles. The van der Waals surface area contributed by atoms with Crippen molar-refractivity contribution in [2.24, 2.45) is 0 Å². The quantitative estimate of drug-likeness (QED) is 0.883. The molecule has 0 spiro atoms. The zero-order valence-electron chi connectivity index (χ0n) is 7.33. The summed E-state index contributed by atoms with van der Waals surface area (Å²) >= 11 is 3.27. The van der Waals surface area contributed by atoms with Crippen LogP contribution < -0.4 is 0 Å². The molecule has 7 heteroatoms. The Balaban J connectivity index is 2.46. The summed E-state index contributed by atoms with van der Waals surface area (Å²) in [7, 11) is 0. The maximum atomic E-state index is 10.6. The van der Waals surface area contributed by atoms with Crippen molar-refractivity contribution in [3.05, 3.63) is 34.7 Å². The number of nitrogens with zero attached hydrogens (tertiary/aromatic N) is 4. The fourth-order valence-corrected chi connectivity index (χ4v) is 1.40. The molecule has 2 aromatic heterocycles. The Hall–Kier alpha value is -1.76. The minimum atomic E-state index is -1.12. The zero-order valence-corrected chi connectivity index (χ0v) is 8.92. The van der Waals surface area contributed by atoms with Gasteiger partial charge in [0.05, 0.1) is 10.7 Å². The number of carboxylic acids is 1. The lowest BCUT2D eigenvalue weighted by Crippen LogP contribution is -2.04. The molecular weight excluding hydrogens is 264 g/mol. The Morgan fingerprint density at radius 2 is 2.33 bits per heavy atom. The van der Waals surface area contributed by atoms with Gasteiger partial charge in [-0.1, -0.05) is 0 Å². The third-order valence-corrected chi connectivity index (χ3v) is 2.26. The molecular formula is C8H5BrN4O2. The molecule has 0 saturated heterocycles. The van der Waals surface area contributed by atoms with Gasteiger partial charge in [0, 0.05) is 6.20 Å². The third kappa shape index (κ3) is 1.86. The molecule has 0 aromatic carbocycles. The summed E-state index contributed by atoms with van der Waals surface area (Å²) in [5.41, 5.74) is -0.118. The van der Waals surface area contributed by atoms with Gasteiger partial charge in [0.25, 0.3) is 0 Å². The fraction of sp³-hybridized carbons (Fsp3) is 0. The number of carbonyl (C=O) groups is 1. The van der Waals surface area contributed by atoms with Gasteiger partial charge < -0.3 is 5.11 Å². The lowest BCUT2D eigenvalue weighted by Gasteiger charge is -1.99. The number of pyridine rings is 1. The summed E-state index contributed by atoms with van der Waals surface area (Å²) in [6.45, 7) is 0. The van der Waals surface area contributed by atoms with Crippen LogP contribution in [0.5, 0.6) is 0 Å². The molecule has 2 aromatic rings. The van der Waals surface area contributed by atoms with E-state index in [1.807, 2.05) is 0 Å². The van der Waals surface area contributed by atoms with Gasteiger partial charge in [-0.15, -0.1) is 9.90 Å². The van der Waals surface area contributed by atoms with Crippen LogP contribution in [0, 0.1) is 0 Å². The molecule has 0 saturated carbocycles. The van der Waals surface area contributed by atoms with E-state index in [0.717, 1.165) is 4.80 Å². The van der Waals surface area contributed by atoms with Gasteiger partial charge in [0.1, 0.15) is 0 Å². The second-order valence-corrected chi connectivity index (χ2v) is 3.49. The molecule has 0 bridgehead atoms. The van der Waals surface area contributed by atoms with Gasteiger partial charge >= 0.3 is 5.97 Å². The van der Waals surface area contributed by atoms with E-state index >= 15 is 0 Å². The first-order valence-corrected chi connectivity index (χ1v) is 4.74. The van der Waals surface area contributed by atoms with Crippen molar-refractivity contribution in [2.45, 2.75) is 0 Å². The van der Waals surface area contributed by atoms with E-state index in [1.165, 1.54) is 6.20 Å². The predicted octanol–water partition coefficient (Wildman–Crippen LogP) is 1.12. The molecule has 0 fully saturated rings. The van der Waals surface area contributed by atoms with E-state index in [0.29, 0.717) is 10.3 Å². The fourth-order valence-electron chi connectivity index (χ4n) is 0.988. The molecule has 2 heterocycles. The Labute approximate surface area is 92.7 Å². The lowest BCUT2D eigenvalue weighted by atomic mass is 10.5. The van der Waals surface area contributed by atoms with Crippen LogP contribution in [0.15, 0.2) is 29.0 Å². The van der Waals surface area contributed by atoms with Crippen molar-refractivity contribution in [1.82, 2.24) is 20.0 Å². The number of aromatic carboxylic acids is 1. The smallest absolute Gasteiger partial charge is 0.358 e. The van der Waals surface area contributed by atoms with Crippen LogP contribution in [0.3, 0.4) is 0 Å². The van der Waals surface area contributed by atoms with Gasteiger partial charge in [0.15, 0.2) is 11.5 Å². The average Bonchev–Trinajstić information content (AvgIpc) is 2.67. The molecule has 0 aliphatic heterocycles. The van der Waals surface area contributed by atoms with Gasteiger partial charge in [-0.05, 0) is 28.1 Å². The van der Waals surface area contributed by atoms with Crippen molar-refractivity contribution < 1.29 is 9.90 Å². The lowest BCUT2D eigenvalue weighted by molar-refractivity contribution is 0.0690. The molecule has 0 atom stereocenters. The monoisotopic (exact) mass is 268 g/mol. The Morgan fingerprint density at radius 3 is 2.93 bits per heavy atom. The first-order chi connectivity index (χ1) is 7.18. The summed E-state index contributed by atoms with van der Waals surface area (Å²) in [5, 5.41) is 16.2. The highest BCUT2D eigenvalue weighted by Crippen LogP contribution is 2.15. The van der Waals surface area contributed by atoms with Crippen LogP contribution in [0.25, 0.3) is 5.82 Å². The van der Waals surface area contributed by atoms with E-state index in [9.17, 15) is 4.79 Å². The van der Waals surface area contributed by atoms with Crippen LogP contribution >= 0.6 is 15.9 Å². The third-order valence-electron chi connectivity index (χ3n) is 1.64. The maximum absolute atomic E-state index is 10.6. The molecule has 2 rings (SSSR count). The summed E-state index contributed by atoms with van der Waals surface area (Å²) in [6, 6.07) is 3.52. The number of hydrogen-bond donors (Lipinski definition) is 1. The molecule has 0 aliphatic rings. The maximum Gasteiger partial charge on any atom is 0.358 e. The van der Waals surface area contributed by atoms with Crippen LogP contribution in [-0.4, -0.2) is 31.1 Å². The topological polar surface area (TPSA) is 80.9 Å². The largest absolute Gasteiger partial charge is 0.476 e. The normalized spacial score (nSPS) is 10.2. The zero-order chi connectivity index (χ0) is 10.8. The van der Waals surface area contributed by atoms with Crippen molar-refractivity contribution >= 4 is 21.9 Å². The van der Waals surface area contributed by atoms with E-state index in [4.69, 9.17) is 5.11 Å². The van der Waals surface area contributed by atoms with Gasteiger partial charge in [0.2, 0.25) is 0 Å². The highest BCUT2D eigenvalue weighted by atomic mass is 79.9. The van der Waals surface area contributed by atoms with E-state index in [-0.39, 0.29) is 5.69 Å². The summed E-state index contributed by atoms with van der Waals surface area (Å²) in [5.74, 6) is -0.668. The van der Waals surface area contributed by atoms with Gasteiger partial charge in [-0.25, -0.2) is 9.78 Å². The van der Waals surface area contributed by atoms with Crippen LogP contribution in [0.4, 0.5) is 0 Å². The number of rotatable bonds is 2. The van der Waals surface area contributed by atoms with E-state index in [1.54, 1.807) is 18.3 Å². The number of halogens is 1. The molecule has 76 valence electrons. The minimum Gasteiger partial charge on any atom is -0.476 e. The molecule has 0 radical (unpaired) electrons. The Kier molecular flexibility index (Phi) is 2.46. The first kappa shape index (κ1) is 9.78. The van der Waals surface area contributed by atoms with Crippen molar-refractivity contribution in [1.29, 1.82) is 0 Å². The highest BCUT2D eigenvalue weighted by Gasteiger charge is 2.11. The molecule has 15 heavy (non-hydrogen) atoms. The van der Waals surface area contributed by atoms with Crippen LogP contribution in [0.2, 0.25) is 0 Å². The van der Waals surface area contributed by atoms with Crippen molar-refractivity contribution in [2.75, 3.05) is 0 Å². The first-order valence-electron chi connectivity index (χ1n) is 3.95. The highest BCUT2D eigenvalue weighted by molar-refractivity contribution is 9.10. The Morgan fingerprint density at radius 1 is 1.53 bits per heavy atom. The average molecular weight is 269 g/mol. The molecule has 0 unspecified atom stereocenters. The standard InChI is InChI=1S/C8H5BrN4O2/c9-5-2-1-3-10-7(5)13-11-4-6(12-13)8(14)15/h1-4H,(H,14,15). The van der Waals surface area contributed by atoms with E-state index < -0.39 is 5.97 Å². The molecule has 1 N–H and O–H groups in total. The van der Waals surface area contributed by atoms with Gasteiger partial charge in [-0.3, -0.25) is 0 Å². The predicted molar refractivity (Wildman–Crippen MR) is 53.8 cm³/mol. The second-order valence-electron chi connectivity index (χ2n) is 2.63. The SMILES string of the molecule is O=C(O)c1cnn(-c2ncccc2Br)n1. The number of carboxylic acid groups (broad SMARTS) is 1. The van der Waals surface area contributed by atoms with E-state index in [2.05, 4.69) is 31.1 Å². The second kappa shape index (κ2) is 3.77. The number of aromatic nitrogens is 4. The molecule has 6 nitrogen and oxygen atoms in total. The van der Waals surface area contributed by atoms with Crippen molar-refractivity contribution in [3.63, 3.8) is 0 Å². The van der Waals surface area contributed by atoms with Gasteiger partial charge in [-0.2, -0.15) is 5.10 Å².